The fraction of sp³-hybridized carbons (Fsp3) is 0.273. The second-order valence-electron chi connectivity index (χ2n) is 8.24. The molecule has 4 rings (SSSR count). The standard InChI is InChI=1S/2C9H7.2C2H7Si.2ClH.Hf/c2*1-2-5-9-7-3-6-8(9)4-1;2*1-3-2;;;/h2*1-7H;2*3H,1-2H3;2*1H;. The molecule has 0 bridgehead atoms. The second kappa shape index (κ2) is 9.08. The smallest absolute Gasteiger partial charge is 0.147 e. The van der Waals surface area contributed by atoms with Gasteiger partial charge in [-0.1, -0.05) is 0 Å². The Morgan fingerprint density at radius 2 is 1.00 bits per heavy atom. The minimum Gasteiger partial charge on any atom is -0.147 e. The van der Waals surface area contributed by atoms with Crippen molar-refractivity contribution >= 4 is 48.9 Å². The van der Waals surface area contributed by atoms with Crippen molar-refractivity contribution in [2.75, 3.05) is 0 Å². The minimum atomic E-state index is -2.64. The van der Waals surface area contributed by atoms with Crippen molar-refractivity contribution < 1.29 is 18.3 Å². The monoisotopic (exact) mass is 600 g/mol. The van der Waals surface area contributed by atoms with Gasteiger partial charge in [-0.05, 0) is 0 Å². The number of allylic oxidation sites excluding steroid dienone is 2. The molecule has 0 saturated carbocycles. The van der Waals surface area contributed by atoms with Gasteiger partial charge < -0.3 is 0 Å². The largest absolute Gasteiger partial charge is 0.147 e. The van der Waals surface area contributed by atoms with E-state index >= 15 is 0 Å². The molecular weight excluding hydrogens is 570 g/mol. The van der Waals surface area contributed by atoms with Gasteiger partial charge in [-0.2, -0.15) is 0 Å². The Labute approximate surface area is 182 Å². The first-order valence-corrected chi connectivity index (χ1v) is 32.0. The predicted octanol–water partition coefficient (Wildman–Crippen LogP) is 6.49. The van der Waals surface area contributed by atoms with Crippen LogP contribution in [0.25, 0.3) is 12.2 Å². The molecule has 0 fully saturated rings. The molecule has 0 nitrogen and oxygen atoms in total. The van der Waals surface area contributed by atoms with E-state index in [-0.39, 0.29) is 24.8 Å². The Kier molecular flexibility index (Phi) is 7.77. The number of fused-ring (bicyclic) bond motifs is 2. The molecule has 0 amide bonds. The summed E-state index contributed by atoms with van der Waals surface area (Å²) < 4.78 is 1.62. The summed E-state index contributed by atoms with van der Waals surface area (Å²) in [5.41, 5.74) is 6.33. The molecule has 0 radical (unpaired) electrons. The molecule has 0 N–H and O–H groups in total. The first kappa shape index (κ1) is 23.1. The molecular formula is C22H30Cl2HfSi2. The number of benzene rings is 2. The van der Waals surface area contributed by atoms with Gasteiger partial charge in [-0.15, -0.1) is 24.8 Å². The summed E-state index contributed by atoms with van der Waals surface area (Å²) in [7, 11) is 0. The van der Waals surface area contributed by atoms with Crippen molar-refractivity contribution in [3.8, 4) is 0 Å². The Morgan fingerprint density at radius 3 is 1.37 bits per heavy atom. The van der Waals surface area contributed by atoms with Gasteiger partial charge in [0.25, 0.3) is 0 Å². The predicted molar refractivity (Wildman–Crippen MR) is 129 cm³/mol. The molecule has 2 aromatic rings. The zero-order chi connectivity index (χ0) is 17.6. The van der Waals surface area contributed by atoms with Gasteiger partial charge in [-0.3, -0.25) is 0 Å². The van der Waals surface area contributed by atoms with Crippen LogP contribution in [-0.4, -0.2) is 12.0 Å². The van der Waals surface area contributed by atoms with Crippen LogP contribution in [0.5, 0.6) is 0 Å². The fourth-order valence-corrected chi connectivity index (χ4v) is 108. The van der Waals surface area contributed by atoms with Crippen LogP contribution < -0.4 is 0 Å². The summed E-state index contributed by atoms with van der Waals surface area (Å²) in [6.07, 6.45) is 10.2. The maximum absolute atomic E-state index is 2.69. The second-order valence-corrected chi connectivity index (χ2v) is 71.2. The third-order valence-corrected chi connectivity index (χ3v) is 110. The van der Waals surface area contributed by atoms with E-state index in [9.17, 15) is 0 Å². The van der Waals surface area contributed by atoms with E-state index in [1.807, 2.05) is 0 Å². The molecule has 2 aromatic carbocycles. The third-order valence-electron chi connectivity index (χ3n) is 6.68. The maximum Gasteiger partial charge on any atom is -0.147 e. The topological polar surface area (TPSA) is 0 Å². The zero-order valence-electron chi connectivity index (χ0n) is 16.6. The van der Waals surface area contributed by atoms with Crippen molar-refractivity contribution in [1.29, 1.82) is 0 Å². The van der Waals surface area contributed by atoms with E-state index in [2.05, 4.69) is 99.0 Å². The van der Waals surface area contributed by atoms with E-state index in [1.165, 1.54) is 11.1 Å². The van der Waals surface area contributed by atoms with E-state index in [4.69, 9.17) is 0 Å². The van der Waals surface area contributed by atoms with Crippen molar-refractivity contribution in [2.24, 2.45) is 0 Å². The van der Waals surface area contributed by atoms with Gasteiger partial charge in [0.1, 0.15) is 0 Å². The van der Waals surface area contributed by atoms with Crippen LogP contribution in [0.15, 0.2) is 60.7 Å². The van der Waals surface area contributed by atoms with Crippen molar-refractivity contribution in [3.63, 3.8) is 0 Å². The molecule has 144 valence electrons. The van der Waals surface area contributed by atoms with Crippen LogP contribution in [0, 0.1) is 0 Å². The van der Waals surface area contributed by atoms with Gasteiger partial charge in [0.2, 0.25) is 0 Å². The molecule has 2 atom stereocenters. The van der Waals surface area contributed by atoms with Gasteiger partial charge in [-0.25, -0.2) is 0 Å². The summed E-state index contributed by atoms with van der Waals surface area (Å²) in [4.78, 5) is 0. The third kappa shape index (κ3) is 3.59. The van der Waals surface area contributed by atoms with Crippen LogP contribution in [0.2, 0.25) is 26.2 Å². The molecule has 0 aliphatic heterocycles. The molecule has 27 heavy (non-hydrogen) atoms. The van der Waals surface area contributed by atoms with Crippen molar-refractivity contribution in [1.82, 2.24) is 0 Å². The van der Waals surface area contributed by atoms with Crippen LogP contribution in [0.3, 0.4) is 0 Å². The zero-order valence-corrected chi connectivity index (χ0v) is 24.1. The van der Waals surface area contributed by atoms with E-state index in [1.54, 1.807) is 11.1 Å². The summed E-state index contributed by atoms with van der Waals surface area (Å²) >= 11 is -2.64. The normalized spacial score (nSPS) is 19.6. The van der Waals surface area contributed by atoms with Gasteiger partial charge in [0, 0.05) is 0 Å². The number of halogens is 2. The van der Waals surface area contributed by atoms with E-state index in [0.29, 0.717) is 0 Å². The summed E-state index contributed by atoms with van der Waals surface area (Å²) in [6, 6.07) is 18.5. The van der Waals surface area contributed by atoms with Crippen molar-refractivity contribution in [2.45, 2.75) is 33.5 Å². The first-order valence-electron chi connectivity index (χ1n) is 9.61. The first-order chi connectivity index (χ1) is 12.1. The Balaban J connectivity index is 0.00000131. The number of hydrogen-bond donors (Lipinski definition) is 0. The SMILES string of the molecule is C[SiH](C)[Hf]([CH]1C=Cc2ccccc21)([CH]1C=Cc2ccccc21)[SiH](C)C.Cl.Cl. The Morgan fingerprint density at radius 1 is 0.630 bits per heavy atom. The van der Waals surface area contributed by atoms with Gasteiger partial charge in [0.15, 0.2) is 0 Å². The molecule has 0 aromatic heterocycles. The number of rotatable bonds is 4. The molecule has 0 saturated heterocycles. The molecule has 2 aliphatic rings. The van der Waals surface area contributed by atoms with Crippen LogP contribution in [0.4, 0.5) is 0 Å². The van der Waals surface area contributed by atoms with E-state index in [0.717, 1.165) is 7.35 Å². The molecule has 0 heterocycles. The summed E-state index contributed by atoms with van der Waals surface area (Å²) in [5, 5.41) is 0. The summed E-state index contributed by atoms with van der Waals surface area (Å²) in [5.74, 6) is -1.44. The molecule has 0 spiro atoms. The minimum absolute atomic E-state index is 0. The average Bonchev–Trinajstić information content (AvgIpc) is 3.21. The Bertz CT molecular complexity index is 789. The summed E-state index contributed by atoms with van der Waals surface area (Å²) in [6.45, 7) is 10.8. The number of hydrogen-bond acceptors (Lipinski definition) is 0. The molecule has 5 heteroatoms. The van der Waals surface area contributed by atoms with Gasteiger partial charge >= 0.3 is 159 Å². The Hall–Kier alpha value is -0.196. The quantitative estimate of drug-likeness (QED) is 0.353. The van der Waals surface area contributed by atoms with Crippen molar-refractivity contribution in [3.05, 3.63) is 82.9 Å². The average molecular weight is 600 g/mol. The maximum atomic E-state index is 2.69. The van der Waals surface area contributed by atoms with Crippen LogP contribution >= 0.6 is 24.8 Å². The van der Waals surface area contributed by atoms with Gasteiger partial charge in [0.05, 0.1) is 0 Å². The molecule has 2 unspecified atom stereocenters. The van der Waals surface area contributed by atoms with Crippen LogP contribution in [-0.2, 0) is 18.3 Å². The fourth-order valence-electron chi connectivity index (χ4n) is 5.67. The van der Waals surface area contributed by atoms with Crippen LogP contribution in [0.1, 0.15) is 29.6 Å². The molecule has 2 aliphatic carbocycles. The van der Waals surface area contributed by atoms with E-state index < -0.39 is 30.3 Å².